The second kappa shape index (κ2) is 9.07. The smallest absolute Gasteiger partial charge is 0.319 e. The van der Waals surface area contributed by atoms with E-state index in [-0.39, 0.29) is 24.3 Å². The minimum absolute atomic E-state index is 0.0356. The third-order valence-electron chi connectivity index (χ3n) is 4.70. The van der Waals surface area contributed by atoms with Crippen molar-refractivity contribution >= 4 is 17.5 Å². The van der Waals surface area contributed by atoms with Crippen LogP contribution in [0.2, 0.25) is 0 Å². The Morgan fingerprint density at radius 2 is 2.04 bits per heavy atom. The Labute approximate surface area is 165 Å². The maximum atomic E-state index is 12.3. The molecule has 1 aliphatic rings. The van der Waals surface area contributed by atoms with E-state index in [0.717, 1.165) is 24.7 Å². The second-order valence-corrected chi connectivity index (χ2v) is 7.40. The van der Waals surface area contributed by atoms with E-state index in [2.05, 4.69) is 34.4 Å². The molecule has 0 spiro atoms. The Hall–Kier alpha value is -2.58. The fourth-order valence-electron chi connectivity index (χ4n) is 3.40. The summed E-state index contributed by atoms with van der Waals surface area (Å²) in [6, 6.07) is 7.22. The molecule has 28 heavy (non-hydrogen) atoms. The number of likely N-dealkylation sites (N-methyl/N-ethyl adjacent to an activating group) is 1. The lowest BCUT2D eigenvalue weighted by Crippen LogP contribution is -2.45. The first-order chi connectivity index (χ1) is 13.4. The number of amides is 2. The molecule has 0 bridgehead atoms. The van der Waals surface area contributed by atoms with Crippen molar-refractivity contribution in [2.24, 2.45) is 0 Å². The maximum absolute atomic E-state index is 12.3. The Morgan fingerprint density at radius 3 is 2.61 bits per heavy atom. The van der Waals surface area contributed by atoms with Crippen molar-refractivity contribution in [2.75, 3.05) is 43.9 Å². The summed E-state index contributed by atoms with van der Waals surface area (Å²) in [5.74, 6) is 1.70. The molecule has 3 heterocycles. The molecule has 1 saturated heterocycles. The third kappa shape index (κ3) is 5.24. The van der Waals surface area contributed by atoms with E-state index in [1.54, 1.807) is 12.5 Å². The van der Waals surface area contributed by atoms with Crippen LogP contribution in [0.3, 0.4) is 0 Å². The number of carbonyl (C=O) groups excluding carboxylic acids is 1. The molecule has 0 aliphatic carbocycles. The summed E-state index contributed by atoms with van der Waals surface area (Å²) in [4.78, 5) is 21.0. The first kappa shape index (κ1) is 20.2. The number of ether oxygens (including phenoxy) is 1. The molecule has 0 aromatic carbocycles. The average Bonchev–Trinajstić information content (AvgIpc) is 3.15. The van der Waals surface area contributed by atoms with E-state index in [1.807, 2.05) is 43.3 Å². The summed E-state index contributed by atoms with van der Waals surface area (Å²) in [5, 5.41) is 5.71. The highest BCUT2D eigenvalue weighted by Gasteiger charge is 2.23. The standard InChI is InChI=1S/C20H29N5O3/c1-14-12-25(13-15(2)28-14)19-8-7-16(10-21-19)23-20(26)22-11-17(24(3)4)18-6-5-9-27-18/h5-10,14-15,17H,11-13H2,1-4H3,(H2,22,23,26)/t14-,15-,17-/m1/s1. The average molecular weight is 387 g/mol. The highest BCUT2D eigenvalue weighted by Crippen LogP contribution is 2.20. The largest absolute Gasteiger partial charge is 0.468 e. The molecule has 152 valence electrons. The monoisotopic (exact) mass is 387 g/mol. The third-order valence-corrected chi connectivity index (χ3v) is 4.70. The van der Waals surface area contributed by atoms with Gasteiger partial charge in [-0.3, -0.25) is 4.90 Å². The fourth-order valence-corrected chi connectivity index (χ4v) is 3.40. The van der Waals surface area contributed by atoms with Crippen LogP contribution in [-0.2, 0) is 4.74 Å². The number of anilines is 2. The predicted molar refractivity (Wildman–Crippen MR) is 109 cm³/mol. The van der Waals surface area contributed by atoms with Gasteiger partial charge in [-0.15, -0.1) is 0 Å². The molecule has 0 saturated carbocycles. The van der Waals surface area contributed by atoms with Gasteiger partial charge in [0.1, 0.15) is 11.6 Å². The molecule has 8 nitrogen and oxygen atoms in total. The summed E-state index contributed by atoms with van der Waals surface area (Å²) in [6.07, 6.45) is 3.66. The Kier molecular flexibility index (Phi) is 6.53. The number of nitrogens with one attached hydrogen (secondary N) is 2. The summed E-state index contributed by atoms with van der Waals surface area (Å²) >= 11 is 0. The summed E-state index contributed by atoms with van der Waals surface area (Å²) in [7, 11) is 3.89. The molecule has 1 aliphatic heterocycles. The molecule has 0 unspecified atom stereocenters. The van der Waals surface area contributed by atoms with Crippen LogP contribution >= 0.6 is 0 Å². The fraction of sp³-hybridized carbons (Fsp3) is 0.500. The van der Waals surface area contributed by atoms with Crippen LogP contribution in [0.4, 0.5) is 16.3 Å². The van der Waals surface area contributed by atoms with Gasteiger partial charge in [0.15, 0.2) is 0 Å². The van der Waals surface area contributed by atoms with Crippen molar-refractivity contribution in [1.82, 2.24) is 15.2 Å². The lowest BCUT2D eigenvalue weighted by atomic mass is 10.2. The van der Waals surface area contributed by atoms with Gasteiger partial charge >= 0.3 is 6.03 Å². The van der Waals surface area contributed by atoms with Crippen LogP contribution in [0.15, 0.2) is 41.1 Å². The highest BCUT2D eigenvalue weighted by atomic mass is 16.5. The normalized spacial score (nSPS) is 20.8. The molecular weight excluding hydrogens is 358 g/mol. The zero-order valence-corrected chi connectivity index (χ0v) is 16.9. The van der Waals surface area contributed by atoms with Crippen molar-refractivity contribution in [3.05, 3.63) is 42.5 Å². The topological polar surface area (TPSA) is 82.9 Å². The van der Waals surface area contributed by atoms with Gasteiger partial charge in [-0.1, -0.05) is 0 Å². The number of hydrogen-bond donors (Lipinski definition) is 2. The SMILES string of the molecule is C[C@@H]1CN(c2ccc(NC(=O)NC[C@H](c3ccco3)N(C)C)cn2)C[C@@H](C)O1. The number of rotatable bonds is 6. The summed E-state index contributed by atoms with van der Waals surface area (Å²) in [6.45, 7) is 6.17. The first-order valence-electron chi connectivity index (χ1n) is 9.53. The van der Waals surface area contributed by atoms with Crippen LogP contribution in [-0.4, -0.2) is 61.9 Å². The lowest BCUT2D eigenvalue weighted by Gasteiger charge is -2.36. The molecule has 2 amide bonds. The predicted octanol–water partition coefficient (Wildman–Crippen LogP) is 2.71. The summed E-state index contributed by atoms with van der Waals surface area (Å²) in [5.41, 5.74) is 0.648. The molecule has 1 fully saturated rings. The van der Waals surface area contributed by atoms with Gasteiger partial charge in [-0.2, -0.15) is 0 Å². The maximum Gasteiger partial charge on any atom is 0.319 e. The zero-order chi connectivity index (χ0) is 20.1. The number of morpholine rings is 1. The van der Waals surface area contributed by atoms with Gasteiger partial charge in [0.25, 0.3) is 0 Å². The van der Waals surface area contributed by atoms with E-state index < -0.39 is 0 Å². The number of hydrogen-bond acceptors (Lipinski definition) is 6. The quantitative estimate of drug-likeness (QED) is 0.793. The van der Waals surface area contributed by atoms with Crippen LogP contribution in [0.5, 0.6) is 0 Å². The van der Waals surface area contributed by atoms with Gasteiger partial charge in [0.2, 0.25) is 0 Å². The minimum Gasteiger partial charge on any atom is -0.468 e. The zero-order valence-electron chi connectivity index (χ0n) is 16.9. The van der Waals surface area contributed by atoms with E-state index >= 15 is 0 Å². The Bertz CT molecular complexity index is 738. The first-order valence-corrected chi connectivity index (χ1v) is 9.53. The van der Waals surface area contributed by atoms with Crippen LogP contribution in [0.1, 0.15) is 25.6 Å². The Morgan fingerprint density at radius 1 is 1.29 bits per heavy atom. The van der Waals surface area contributed by atoms with Crippen LogP contribution in [0, 0.1) is 0 Å². The number of aromatic nitrogens is 1. The van der Waals surface area contributed by atoms with Crippen molar-refractivity contribution in [1.29, 1.82) is 0 Å². The van der Waals surface area contributed by atoms with Gasteiger partial charge in [0.05, 0.1) is 36.4 Å². The van der Waals surface area contributed by atoms with Crippen molar-refractivity contribution in [3.63, 3.8) is 0 Å². The van der Waals surface area contributed by atoms with Gasteiger partial charge in [0, 0.05) is 19.6 Å². The number of nitrogens with zero attached hydrogens (tertiary/aromatic N) is 3. The molecule has 2 aromatic rings. The Balaban J connectivity index is 1.53. The lowest BCUT2D eigenvalue weighted by molar-refractivity contribution is -0.00545. The number of pyridine rings is 1. The number of furan rings is 1. The molecule has 0 radical (unpaired) electrons. The van der Waals surface area contributed by atoms with Crippen molar-refractivity contribution < 1.29 is 13.9 Å². The number of carbonyl (C=O) groups is 1. The van der Waals surface area contributed by atoms with E-state index in [4.69, 9.17) is 9.15 Å². The molecule has 2 aromatic heterocycles. The van der Waals surface area contributed by atoms with Crippen molar-refractivity contribution in [3.8, 4) is 0 Å². The highest BCUT2D eigenvalue weighted by molar-refractivity contribution is 5.89. The molecule has 8 heteroatoms. The molecular formula is C20H29N5O3. The van der Waals surface area contributed by atoms with Gasteiger partial charge < -0.3 is 24.7 Å². The van der Waals surface area contributed by atoms with E-state index in [1.165, 1.54) is 0 Å². The van der Waals surface area contributed by atoms with Crippen LogP contribution in [0.25, 0.3) is 0 Å². The molecule has 3 rings (SSSR count). The van der Waals surface area contributed by atoms with Gasteiger partial charge in [-0.25, -0.2) is 9.78 Å². The van der Waals surface area contributed by atoms with E-state index in [0.29, 0.717) is 12.2 Å². The molecule has 3 atom stereocenters. The van der Waals surface area contributed by atoms with Crippen molar-refractivity contribution in [2.45, 2.75) is 32.1 Å². The van der Waals surface area contributed by atoms with E-state index in [9.17, 15) is 4.79 Å². The second-order valence-electron chi connectivity index (χ2n) is 7.40. The number of urea groups is 1. The minimum atomic E-state index is -0.276. The van der Waals surface area contributed by atoms with Crippen LogP contribution < -0.4 is 15.5 Å². The molecule has 2 N–H and O–H groups in total. The summed E-state index contributed by atoms with van der Waals surface area (Å²) < 4.78 is 11.2. The van der Waals surface area contributed by atoms with Gasteiger partial charge in [-0.05, 0) is 52.2 Å².